The average Bonchev–Trinajstić information content (AvgIpc) is 2.70. The van der Waals surface area contributed by atoms with E-state index >= 15 is 0 Å². The largest absolute Gasteiger partial charge is 0.457 e. The Morgan fingerprint density at radius 1 is 0.893 bits per heavy atom. The average molecular weight is 394 g/mol. The number of aryl methyl sites for hydroxylation is 1. The summed E-state index contributed by atoms with van der Waals surface area (Å²) in [4.78, 5) is 24.4. The van der Waals surface area contributed by atoms with Crippen LogP contribution in [0.3, 0.4) is 0 Å². The maximum absolute atomic E-state index is 12.3. The van der Waals surface area contributed by atoms with Crippen LogP contribution in [0.5, 0.6) is 11.5 Å². The Bertz CT molecular complexity index is 969. The molecule has 1 amide bonds. The number of carbonyl (C=O) groups is 2. The van der Waals surface area contributed by atoms with Crippen LogP contribution in [0.1, 0.15) is 28.8 Å². The third kappa shape index (κ3) is 5.44. The lowest BCUT2D eigenvalue weighted by Crippen LogP contribution is -2.13. The summed E-state index contributed by atoms with van der Waals surface area (Å²) in [5.74, 6) is 1.06. The van der Waals surface area contributed by atoms with E-state index in [4.69, 9.17) is 16.3 Å². The molecule has 28 heavy (non-hydrogen) atoms. The zero-order valence-corrected chi connectivity index (χ0v) is 16.2. The molecule has 3 rings (SSSR count). The lowest BCUT2D eigenvalue weighted by Gasteiger charge is -2.08. The molecule has 5 heteroatoms. The highest BCUT2D eigenvalue weighted by Gasteiger charge is 2.10. The first-order valence-electron chi connectivity index (χ1n) is 8.93. The van der Waals surface area contributed by atoms with E-state index in [2.05, 4.69) is 5.32 Å². The quantitative estimate of drug-likeness (QED) is 0.497. The molecule has 0 fully saturated rings. The topological polar surface area (TPSA) is 55.4 Å². The Hall–Kier alpha value is -3.11. The molecule has 1 N–H and O–H groups in total. The minimum atomic E-state index is -0.225. The number of hydrogen-bond donors (Lipinski definition) is 1. The predicted molar refractivity (Wildman–Crippen MR) is 111 cm³/mol. The predicted octanol–water partition coefficient (Wildman–Crippen LogP) is 6.04. The van der Waals surface area contributed by atoms with Crippen LogP contribution in [-0.4, -0.2) is 11.7 Å². The minimum absolute atomic E-state index is 0.0941. The van der Waals surface area contributed by atoms with Crippen LogP contribution in [0.4, 0.5) is 5.69 Å². The first-order valence-corrected chi connectivity index (χ1v) is 9.31. The lowest BCUT2D eigenvalue weighted by atomic mass is 10.1. The Morgan fingerprint density at radius 2 is 1.57 bits per heavy atom. The third-order valence-electron chi connectivity index (χ3n) is 4.19. The molecule has 0 unspecified atom stereocenters. The monoisotopic (exact) mass is 393 g/mol. The van der Waals surface area contributed by atoms with Gasteiger partial charge in [0.15, 0.2) is 5.78 Å². The molecule has 0 saturated heterocycles. The molecule has 0 aromatic heterocycles. The van der Waals surface area contributed by atoms with Crippen LogP contribution in [0.25, 0.3) is 0 Å². The van der Waals surface area contributed by atoms with Crippen molar-refractivity contribution in [1.29, 1.82) is 0 Å². The molecule has 0 bridgehead atoms. The van der Waals surface area contributed by atoms with Gasteiger partial charge in [0.2, 0.25) is 5.91 Å². The molecule has 0 saturated carbocycles. The van der Waals surface area contributed by atoms with Gasteiger partial charge in [0.05, 0.1) is 0 Å². The number of hydrogen-bond acceptors (Lipinski definition) is 3. The Balaban J connectivity index is 1.51. The summed E-state index contributed by atoms with van der Waals surface area (Å²) in [7, 11) is 0. The van der Waals surface area contributed by atoms with Crippen molar-refractivity contribution in [1.82, 2.24) is 0 Å². The van der Waals surface area contributed by atoms with Gasteiger partial charge in [0.25, 0.3) is 0 Å². The van der Waals surface area contributed by atoms with Gasteiger partial charge in [0, 0.05) is 29.1 Å². The molecule has 0 spiro atoms. The van der Waals surface area contributed by atoms with E-state index in [1.165, 1.54) is 0 Å². The van der Waals surface area contributed by atoms with Crippen molar-refractivity contribution in [2.75, 3.05) is 5.32 Å². The van der Waals surface area contributed by atoms with Gasteiger partial charge in [-0.3, -0.25) is 9.59 Å². The molecule has 142 valence electrons. The number of nitrogens with one attached hydrogen (secondary N) is 1. The number of ether oxygens (including phenoxy) is 1. The number of benzene rings is 3. The number of para-hydroxylation sites is 1. The summed E-state index contributed by atoms with van der Waals surface area (Å²) in [6, 6.07) is 21.6. The van der Waals surface area contributed by atoms with Crippen LogP contribution in [0.15, 0.2) is 72.8 Å². The fraction of sp³-hybridized carbons (Fsp3) is 0.130. The molecule has 0 radical (unpaired) electrons. The second-order valence-electron chi connectivity index (χ2n) is 6.37. The van der Waals surface area contributed by atoms with Gasteiger partial charge in [-0.1, -0.05) is 35.9 Å². The summed E-state index contributed by atoms with van der Waals surface area (Å²) in [5, 5.41) is 3.35. The summed E-state index contributed by atoms with van der Waals surface area (Å²) in [5.41, 5.74) is 2.11. The van der Waals surface area contributed by atoms with Crippen LogP contribution in [-0.2, 0) is 4.79 Å². The number of anilines is 1. The summed E-state index contributed by atoms with van der Waals surface area (Å²) in [6.45, 7) is 1.89. The molecule has 3 aromatic rings. The summed E-state index contributed by atoms with van der Waals surface area (Å²) >= 11 is 6.05. The molecule has 0 aliphatic heterocycles. The number of amides is 1. The van der Waals surface area contributed by atoms with E-state index in [0.717, 1.165) is 11.3 Å². The molecule has 0 atom stereocenters. The van der Waals surface area contributed by atoms with E-state index in [1.54, 1.807) is 36.4 Å². The van der Waals surface area contributed by atoms with Crippen molar-refractivity contribution < 1.29 is 14.3 Å². The van der Waals surface area contributed by atoms with Crippen molar-refractivity contribution in [3.8, 4) is 11.5 Å². The molecule has 0 aliphatic rings. The molecular formula is C23H20ClNO3. The first-order chi connectivity index (χ1) is 13.5. The first kappa shape index (κ1) is 19.6. The van der Waals surface area contributed by atoms with E-state index in [-0.39, 0.29) is 24.5 Å². The Labute approximate surface area is 169 Å². The van der Waals surface area contributed by atoms with Gasteiger partial charge >= 0.3 is 0 Å². The van der Waals surface area contributed by atoms with Gasteiger partial charge in [0.1, 0.15) is 11.5 Å². The minimum Gasteiger partial charge on any atom is -0.457 e. The van der Waals surface area contributed by atoms with E-state index in [9.17, 15) is 9.59 Å². The van der Waals surface area contributed by atoms with E-state index in [0.29, 0.717) is 22.0 Å². The lowest BCUT2D eigenvalue weighted by molar-refractivity contribution is -0.116. The highest BCUT2D eigenvalue weighted by molar-refractivity contribution is 6.31. The normalized spacial score (nSPS) is 10.4. The van der Waals surface area contributed by atoms with Crippen molar-refractivity contribution >= 4 is 29.0 Å². The SMILES string of the molecule is Cc1ccc(NC(=O)CCC(=O)c2ccc(Oc3ccccc3)cc2)cc1Cl. The van der Waals surface area contributed by atoms with Crippen molar-refractivity contribution in [3.05, 3.63) is 88.9 Å². The van der Waals surface area contributed by atoms with Gasteiger partial charge in [-0.2, -0.15) is 0 Å². The second-order valence-corrected chi connectivity index (χ2v) is 6.78. The molecule has 0 heterocycles. The number of Topliss-reactive ketones (excluding diaryl/α,β-unsaturated/α-hetero) is 1. The Kier molecular flexibility index (Phi) is 6.45. The number of rotatable bonds is 7. The van der Waals surface area contributed by atoms with Crippen LogP contribution < -0.4 is 10.1 Å². The fourth-order valence-electron chi connectivity index (χ4n) is 2.60. The van der Waals surface area contributed by atoms with Crippen molar-refractivity contribution in [2.45, 2.75) is 19.8 Å². The van der Waals surface area contributed by atoms with Gasteiger partial charge in [-0.15, -0.1) is 0 Å². The van der Waals surface area contributed by atoms with Crippen molar-refractivity contribution in [2.24, 2.45) is 0 Å². The standard InChI is InChI=1S/C23H20ClNO3/c1-16-7-10-18(15-21(16)24)25-23(27)14-13-22(26)17-8-11-20(12-9-17)28-19-5-3-2-4-6-19/h2-12,15H,13-14H2,1H3,(H,25,27). The highest BCUT2D eigenvalue weighted by Crippen LogP contribution is 2.22. The van der Waals surface area contributed by atoms with Crippen molar-refractivity contribution in [3.63, 3.8) is 0 Å². The van der Waals surface area contributed by atoms with Gasteiger partial charge in [-0.25, -0.2) is 0 Å². The van der Waals surface area contributed by atoms with Crippen LogP contribution >= 0.6 is 11.6 Å². The van der Waals surface area contributed by atoms with E-state index < -0.39 is 0 Å². The second kappa shape index (κ2) is 9.20. The zero-order valence-electron chi connectivity index (χ0n) is 15.4. The number of carbonyl (C=O) groups excluding carboxylic acids is 2. The smallest absolute Gasteiger partial charge is 0.224 e. The summed E-state index contributed by atoms with van der Waals surface area (Å²) < 4.78 is 5.71. The zero-order chi connectivity index (χ0) is 19.9. The molecule has 4 nitrogen and oxygen atoms in total. The number of ketones is 1. The van der Waals surface area contributed by atoms with E-state index in [1.807, 2.05) is 43.3 Å². The maximum atomic E-state index is 12.3. The Morgan fingerprint density at radius 3 is 2.25 bits per heavy atom. The third-order valence-corrected chi connectivity index (χ3v) is 4.60. The molecule has 3 aromatic carbocycles. The van der Waals surface area contributed by atoms with Gasteiger partial charge < -0.3 is 10.1 Å². The molecule has 0 aliphatic carbocycles. The summed E-state index contributed by atoms with van der Waals surface area (Å²) in [6.07, 6.45) is 0.233. The van der Waals surface area contributed by atoms with Crippen LogP contribution in [0.2, 0.25) is 5.02 Å². The fourth-order valence-corrected chi connectivity index (χ4v) is 2.78. The number of halogens is 1. The highest BCUT2D eigenvalue weighted by atomic mass is 35.5. The van der Waals surface area contributed by atoms with Gasteiger partial charge in [-0.05, 0) is 61.0 Å². The maximum Gasteiger partial charge on any atom is 0.224 e. The molecular weight excluding hydrogens is 374 g/mol. The van der Waals surface area contributed by atoms with Crippen LogP contribution in [0, 0.1) is 6.92 Å².